The molecule has 0 fully saturated rings. The monoisotopic (exact) mass is 498 g/mol. The van der Waals surface area contributed by atoms with Crippen LogP contribution in [0.3, 0.4) is 0 Å². The van der Waals surface area contributed by atoms with Gasteiger partial charge in [0.2, 0.25) is 0 Å². The highest BCUT2D eigenvalue weighted by Crippen LogP contribution is 2.50. The van der Waals surface area contributed by atoms with Crippen LogP contribution in [0.5, 0.6) is 0 Å². The molecule has 2 heterocycles. The summed E-state index contributed by atoms with van der Waals surface area (Å²) < 4.78 is 25.4. The fraction of sp³-hybridized carbons (Fsp3) is 0.350. The third-order valence-corrected chi connectivity index (χ3v) is 7.23. The van der Waals surface area contributed by atoms with Gasteiger partial charge in [0.1, 0.15) is 11.0 Å². The van der Waals surface area contributed by atoms with E-state index in [1.165, 1.54) is 23.7 Å². The number of nitrogens with zero attached hydrogens (tertiary/aromatic N) is 1. The van der Waals surface area contributed by atoms with Crippen LogP contribution in [0.15, 0.2) is 45.5 Å². The standard InChI is InChI=1S/C20H24BrN2O4PS/c1-4-15(13-6-5-7-14(21)11-13)27-28(24,25)16-8-9-26-19(16)18-17(10-12(2)3)29-20(22)23-18/h5-9,11-12,15H,4,10H2,1-3H3,(H2,22,23)(H,24,25). The van der Waals surface area contributed by atoms with E-state index in [9.17, 15) is 9.46 Å². The van der Waals surface area contributed by atoms with Gasteiger partial charge in [0, 0.05) is 9.35 Å². The van der Waals surface area contributed by atoms with Crippen LogP contribution in [0.1, 0.15) is 43.7 Å². The van der Waals surface area contributed by atoms with Crippen molar-refractivity contribution in [2.24, 2.45) is 5.92 Å². The van der Waals surface area contributed by atoms with Crippen LogP contribution < -0.4 is 11.0 Å². The number of nitrogen functional groups attached to an aromatic ring is 1. The summed E-state index contributed by atoms with van der Waals surface area (Å²) in [4.78, 5) is 16.1. The van der Waals surface area contributed by atoms with Crippen molar-refractivity contribution in [1.82, 2.24) is 4.98 Å². The van der Waals surface area contributed by atoms with Crippen LogP contribution in [0.4, 0.5) is 5.13 Å². The van der Waals surface area contributed by atoms with Crippen molar-refractivity contribution < 1.29 is 18.4 Å². The van der Waals surface area contributed by atoms with Gasteiger partial charge in [-0.25, -0.2) is 4.98 Å². The summed E-state index contributed by atoms with van der Waals surface area (Å²) in [5, 5.41) is 0.494. The normalized spacial score (nSPS) is 14.8. The van der Waals surface area contributed by atoms with Gasteiger partial charge < -0.3 is 15.0 Å². The number of aromatic nitrogens is 1. The summed E-state index contributed by atoms with van der Waals surface area (Å²) >= 11 is 4.80. The van der Waals surface area contributed by atoms with E-state index >= 15 is 0 Å². The van der Waals surface area contributed by atoms with E-state index in [0.717, 1.165) is 21.3 Å². The van der Waals surface area contributed by atoms with Crippen LogP contribution >= 0.6 is 34.9 Å². The third kappa shape index (κ3) is 5.19. The zero-order chi connectivity index (χ0) is 21.2. The Morgan fingerprint density at radius 1 is 1.38 bits per heavy atom. The predicted molar refractivity (Wildman–Crippen MR) is 120 cm³/mol. The zero-order valence-corrected chi connectivity index (χ0v) is 19.8. The number of furan rings is 1. The molecule has 29 heavy (non-hydrogen) atoms. The van der Waals surface area contributed by atoms with Gasteiger partial charge in [-0.15, -0.1) is 11.3 Å². The number of nitrogens with two attached hydrogens (primary N) is 1. The molecule has 3 aromatic rings. The van der Waals surface area contributed by atoms with Crippen molar-refractivity contribution in [2.75, 3.05) is 5.73 Å². The molecule has 156 valence electrons. The van der Waals surface area contributed by atoms with Gasteiger partial charge in [-0.3, -0.25) is 9.09 Å². The quantitative estimate of drug-likeness (QED) is 0.373. The Hall–Kier alpha value is -1.44. The highest BCUT2D eigenvalue weighted by Gasteiger charge is 2.34. The minimum Gasteiger partial charge on any atom is -0.462 e. The van der Waals surface area contributed by atoms with Crippen molar-refractivity contribution in [3.05, 3.63) is 51.5 Å². The zero-order valence-electron chi connectivity index (χ0n) is 16.5. The van der Waals surface area contributed by atoms with Crippen LogP contribution in [-0.4, -0.2) is 9.88 Å². The van der Waals surface area contributed by atoms with Gasteiger partial charge in [-0.05, 0) is 42.5 Å². The van der Waals surface area contributed by atoms with Gasteiger partial charge in [-0.2, -0.15) is 0 Å². The summed E-state index contributed by atoms with van der Waals surface area (Å²) in [6, 6.07) is 8.99. The molecule has 0 bridgehead atoms. The molecule has 0 aliphatic carbocycles. The largest absolute Gasteiger partial charge is 0.462 e. The van der Waals surface area contributed by atoms with Crippen LogP contribution in [0, 0.1) is 5.92 Å². The van der Waals surface area contributed by atoms with Crippen molar-refractivity contribution in [2.45, 2.75) is 39.7 Å². The Kier molecular flexibility index (Phi) is 7.02. The summed E-state index contributed by atoms with van der Waals surface area (Å²) in [7, 11) is -4.18. The minimum atomic E-state index is -4.18. The van der Waals surface area contributed by atoms with Crippen molar-refractivity contribution in [1.29, 1.82) is 0 Å². The molecule has 0 saturated carbocycles. The van der Waals surface area contributed by atoms with E-state index in [1.54, 1.807) is 0 Å². The Morgan fingerprint density at radius 3 is 2.79 bits per heavy atom. The first kappa shape index (κ1) is 22.2. The Morgan fingerprint density at radius 2 is 2.14 bits per heavy atom. The Bertz CT molecular complexity index is 1030. The summed E-state index contributed by atoms with van der Waals surface area (Å²) in [5.41, 5.74) is 7.24. The van der Waals surface area contributed by atoms with Crippen LogP contribution in [0.25, 0.3) is 11.5 Å². The molecule has 0 spiro atoms. The van der Waals surface area contributed by atoms with Crippen molar-refractivity contribution in [3.63, 3.8) is 0 Å². The maximum absolute atomic E-state index is 13.2. The van der Waals surface area contributed by atoms with E-state index < -0.39 is 13.7 Å². The first-order chi connectivity index (χ1) is 13.7. The molecular weight excluding hydrogens is 475 g/mol. The Balaban J connectivity index is 1.96. The molecule has 3 rings (SSSR count). The summed E-state index contributed by atoms with van der Waals surface area (Å²) in [6.45, 7) is 6.09. The number of thiazole rings is 1. The SMILES string of the molecule is CCC(OP(=O)(O)c1ccoc1-c1nc(N)sc1CC(C)C)c1cccc(Br)c1. The van der Waals surface area contributed by atoms with E-state index in [0.29, 0.717) is 23.2 Å². The molecule has 0 radical (unpaired) electrons. The smallest absolute Gasteiger partial charge is 0.363 e. The Labute approximate surface area is 182 Å². The first-order valence-corrected chi connectivity index (χ1v) is 12.5. The van der Waals surface area contributed by atoms with Gasteiger partial charge >= 0.3 is 7.60 Å². The second kappa shape index (κ2) is 9.14. The van der Waals surface area contributed by atoms with Crippen LogP contribution in [0.2, 0.25) is 0 Å². The molecule has 6 nitrogen and oxygen atoms in total. The second-order valence-corrected chi connectivity index (χ2v) is 10.9. The van der Waals surface area contributed by atoms with E-state index in [2.05, 4.69) is 34.8 Å². The van der Waals surface area contributed by atoms with E-state index in [4.69, 9.17) is 14.7 Å². The average molecular weight is 499 g/mol. The lowest BCUT2D eigenvalue weighted by Gasteiger charge is -2.20. The lowest BCUT2D eigenvalue weighted by Crippen LogP contribution is -2.12. The maximum Gasteiger partial charge on any atom is 0.363 e. The van der Waals surface area contributed by atoms with Gasteiger partial charge in [-0.1, -0.05) is 48.8 Å². The molecule has 2 atom stereocenters. The van der Waals surface area contributed by atoms with E-state index in [1.807, 2.05) is 31.2 Å². The number of benzene rings is 1. The number of halogens is 1. The molecular formula is C20H24BrN2O4PS. The molecule has 9 heteroatoms. The first-order valence-electron chi connectivity index (χ1n) is 9.31. The van der Waals surface area contributed by atoms with Crippen LogP contribution in [-0.2, 0) is 15.5 Å². The van der Waals surface area contributed by atoms with Crippen molar-refractivity contribution in [3.8, 4) is 11.5 Å². The van der Waals surface area contributed by atoms with E-state index in [-0.39, 0.29) is 11.1 Å². The molecule has 0 aliphatic heterocycles. The maximum atomic E-state index is 13.2. The highest BCUT2D eigenvalue weighted by atomic mass is 79.9. The molecule has 1 aromatic carbocycles. The van der Waals surface area contributed by atoms with Gasteiger partial charge in [0.15, 0.2) is 10.9 Å². The summed E-state index contributed by atoms with van der Waals surface area (Å²) in [5.74, 6) is 0.619. The molecule has 2 aromatic heterocycles. The topological polar surface area (TPSA) is 98.6 Å². The fourth-order valence-corrected chi connectivity index (χ4v) is 5.92. The minimum absolute atomic E-state index is 0.0984. The fourth-order valence-electron chi connectivity index (χ4n) is 3.07. The van der Waals surface area contributed by atoms with Gasteiger partial charge in [0.25, 0.3) is 0 Å². The van der Waals surface area contributed by atoms with Crippen molar-refractivity contribution >= 4 is 45.3 Å². The molecule has 2 unspecified atom stereocenters. The number of hydrogen-bond acceptors (Lipinski definition) is 6. The number of anilines is 1. The van der Waals surface area contributed by atoms with Gasteiger partial charge in [0.05, 0.1) is 12.4 Å². The molecule has 0 saturated heterocycles. The highest BCUT2D eigenvalue weighted by molar-refractivity contribution is 9.10. The third-order valence-electron chi connectivity index (χ3n) is 4.33. The lowest BCUT2D eigenvalue weighted by molar-refractivity contribution is 0.178. The average Bonchev–Trinajstić information content (AvgIpc) is 3.26. The number of rotatable bonds is 8. The number of hydrogen-bond donors (Lipinski definition) is 2. The lowest BCUT2D eigenvalue weighted by atomic mass is 10.1. The molecule has 3 N–H and O–H groups in total. The summed E-state index contributed by atoms with van der Waals surface area (Å²) in [6.07, 6.45) is 2.13. The molecule has 0 amide bonds. The predicted octanol–water partition coefficient (Wildman–Crippen LogP) is 5.92. The molecule has 0 aliphatic rings. The second-order valence-electron chi connectivity index (χ2n) is 7.13.